The summed E-state index contributed by atoms with van der Waals surface area (Å²) in [4.78, 5) is 15.3. The number of anilines is 1. The molecule has 94 valence electrons. The number of ether oxygens (including phenoxy) is 1. The Bertz CT molecular complexity index is 609. The molecule has 0 radical (unpaired) electrons. The molecule has 5 nitrogen and oxygen atoms in total. The van der Waals surface area contributed by atoms with Gasteiger partial charge in [-0.25, -0.2) is 9.78 Å². The highest BCUT2D eigenvalue weighted by Crippen LogP contribution is 2.24. The predicted molar refractivity (Wildman–Crippen MR) is 76.1 cm³/mol. The number of carbonyl (C=O) groups excluding carboxylic acids is 1. The zero-order valence-corrected chi connectivity index (χ0v) is 11.4. The smallest absolute Gasteiger partial charge is 0.413 e. The lowest BCUT2D eigenvalue weighted by Gasteiger charge is -2.08. The van der Waals surface area contributed by atoms with E-state index in [0.29, 0.717) is 0 Å². The van der Waals surface area contributed by atoms with Gasteiger partial charge in [-0.15, -0.1) is 11.3 Å². The monoisotopic (exact) mass is 281 g/mol. The van der Waals surface area contributed by atoms with Gasteiger partial charge in [-0.3, -0.25) is 5.32 Å². The number of fused-ring (bicyclic) bond motifs is 1. The molecule has 0 fully saturated rings. The molecule has 1 heterocycles. The van der Waals surface area contributed by atoms with Gasteiger partial charge >= 0.3 is 6.09 Å². The number of alkyl carbamates (subject to hydrolysis) is 1. The second kappa shape index (κ2) is 5.28. The first-order valence-corrected chi connectivity index (χ1v) is 6.34. The summed E-state index contributed by atoms with van der Waals surface area (Å²) in [6.45, 7) is 1.96. The number of aryl methyl sites for hydroxylation is 1. The standard InChI is InChI=1S/C11H11N3O2S2/c1-6-12-8-5-7(3-4-9(8)18-6)13-10(17)14-11(15)16-2/h3-5H,1-2H3,(H2,13,14,15,17). The van der Waals surface area contributed by atoms with Gasteiger partial charge in [0.15, 0.2) is 5.11 Å². The van der Waals surface area contributed by atoms with Crippen LogP contribution in [0.15, 0.2) is 18.2 Å². The summed E-state index contributed by atoms with van der Waals surface area (Å²) >= 11 is 6.60. The molecule has 18 heavy (non-hydrogen) atoms. The van der Waals surface area contributed by atoms with Crippen LogP contribution in [0.5, 0.6) is 0 Å². The van der Waals surface area contributed by atoms with Gasteiger partial charge < -0.3 is 10.1 Å². The van der Waals surface area contributed by atoms with Crippen LogP contribution in [0.1, 0.15) is 5.01 Å². The molecular formula is C11H11N3O2S2. The van der Waals surface area contributed by atoms with Crippen LogP contribution in [0, 0.1) is 6.92 Å². The lowest BCUT2D eigenvalue weighted by atomic mass is 10.3. The van der Waals surface area contributed by atoms with Crippen molar-refractivity contribution in [3.8, 4) is 0 Å². The number of thiazole rings is 1. The van der Waals surface area contributed by atoms with Crippen LogP contribution < -0.4 is 10.6 Å². The molecule has 0 unspecified atom stereocenters. The molecule has 0 aliphatic rings. The maximum atomic E-state index is 11.0. The zero-order chi connectivity index (χ0) is 13.1. The van der Waals surface area contributed by atoms with Crippen LogP contribution in [-0.2, 0) is 4.74 Å². The second-order valence-corrected chi connectivity index (χ2v) is 5.13. The number of rotatable bonds is 1. The quantitative estimate of drug-likeness (QED) is 0.787. The number of nitrogens with one attached hydrogen (secondary N) is 2. The van der Waals surface area contributed by atoms with E-state index in [2.05, 4.69) is 20.4 Å². The summed E-state index contributed by atoms with van der Waals surface area (Å²) in [5, 5.41) is 6.46. The van der Waals surface area contributed by atoms with Crippen molar-refractivity contribution < 1.29 is 9.53 Å². The number of thiocarbonyl (C=S) groups is 1. The first-order chi connectivity index (χ1) is 8.58. The van der Waals surface area contributed by atoms with Crippen LogP contribution in [0.3, 0.4) is 0 Å². The van der Waals surface area contributed by atoms with Crippen LogP contribution in [0.2, 0.25) is 0 Å². The highest BCUT2D eigenvalue weighted by molar-refractivity contribution is 7.80. The number of methoxy groups -OCH3 is 1. The Balaban J connectivity index is 2.11. The molecule has 0 bridgehead atoms. The highest BCUT2D eigenvalue weighted by atomic mass is 32.1. The molecular weight excluding hydrogens is 270 g/mol. The van der Waals surface area contributed by atoms with E-state index >= 15 is 0 Å². The Hall–Kier alpha value is -1.73. The lowest BCUT2D eigenvalue weighted by molar-refractivity contribution is 0.177. The molecule has 0 aliphatic carbocycles. The van der Waals surface area contributed by atoms with E-state index in [-0.39, 0.29) is 5.11 Å². The van der Waals surface area contributed by atoms with Gasteiger partial charge in [-0.1, -0.05) is 0 Å². The van der Waals surface area contributed by atoms with E-state index in [1.54, 1.807) is 11.3 Å². The number of benzene rings is 1. The molecule has 1 aromatic heterocycles. The number of nitrogens with zero attached hydrogens (tertiary/aromatic N) is 1. The van der Waals surface area contributed by atoms with E-state index in [1.165, 1.54) is 7.11 Å². The summed E-state index contributed by atoms with van der Waals surface area (Å²) in [5.74, 6) is 0. The minimum Gasteiger partial charge on any atom is -0.453 e. The average Bonchev–Trinajstić information content (AvgIpc) is 2.68. The summed E-state index contributed by atoms with van der Waals surface area (Å²) < 4.78 is 5.56. The molecule has 2 rings (SSSR count). The van der Waals surface area contributed by atoms with Gasteiger partial charge in [0.1, 0.15) is 0 Å². The molecule has 0 saturated carbocycles. The van der Waals surface area contributed by atoms with Gasteiger partial charge in [-0.05, 0) is 37.3 Å². The van der Waals surface area contributed by atoms with E-state index in [1.807, 2.05) is 25.1 Å². The van der Waals surface area contributed by atoms with Crippen LogP contribution in [-0.4, -0.2) is 23.3 Å². The number of aromatic nitrogens is 1. The van der Waals surface area contributed by atoms with Crippen molar-refractivity contribution in [1.82, 2.24) is 10.3 Å². The maximum Gasteiger partial charge on any atom is 0.413 e. The number of hydrogen-bond donors (Lipinski definition) is 2. The molecule has 1 aromatic carbocycles. The minimum absolute atomic E-state index is 0.188. The van der Waals surface area contributed by atoms with E-state index in [4.69, 9.17) is 12.2 Å². The van der Waals surface area contributed by atoms with E-state index in [9.17, 15) is 4.79 Å². The van der Waals surface area contributed by atoms with Gasteiger partial charge in [-0.2, -0.15) is 0 Å². The summed E-state index contributed by atoms with van der Waals surface area (Å²) in [6, 6.07) is 5.72. The Kier molecular flexibility index (Phi) is 3.73. The van der Waals surface area contributed by atoms with Crippen LogP contribution >= 0.6 is 23.6 Å². The molecule has 1 amide bonds. The van der Waals surface area contributed by atoms with Crippen LogP contribution in [0.25, 0.3) is 10.2 Å². The SMILES string of the molecule is COC(=O)NC(=S)Nc1ccc2sc(C)nc2c1. The zero-order valence-electron chi connectivity index (χ0n) is 9.81. The van der Waals surface area contributed by atoms with Crippen molar-refractivity contribution in [2.75, 3.05) is 12.4 Å². The molecule has 7 heteroatoms. The van der Waals surface area contributed by atoms with Crippen LogP contribution in [0.4, 0.5) is 10.5 Å². The van der Waals surface area contributed by atoms with Crippen molar-refractivity contribution in [3.63, 3.8) is 0 Å². The Labute approximate surface area is 113 Å². The summed E-state index contributed by atoms with van der Waals surface area (Å²) in [6.07, 6.45) is -0.599. The molecule has 0 spiro atoms. The van der Waals surface area contributed by atoms with E-state index in [0.717, 1.165) is 20.9 Å². The van der Waals surface area contributed by atoms with Crippen molar-refractivity contribution in [3.05, 3.63) is 23.2 Å². The fraction of sp³-hybridized carbons (Fsp3) is 0.182. The first-order valence-electron chi connectivity index (χ1n) is 5.11. The first kappa shape index (κ1) is 12.7. The lowest BCUT2D eigenvalue weighted by Crippen LogP contribution is -2.33. The number of carbonyl (C=O) groups is 1. The summed E-state index contributed by atoms with van der Waals surface area (Å²) in [5.41, 5.74) is 1.68. The Morgan fingerprint density at radius 2 is 2.28 bits per heavy atom. The second-order valence-electron chi connectivity index (χ2n) is 3.49. The van der Waals surface area contributed by atoms with Gasteiger partial charge in [0, 0.05) is 5.69 Å². The minimum atomic E-state index is -0.599. The van der Waals surface area contributed by atoms with E-state index < -0.39 is 6.09 Å². The van der Waals surface area contributed by atoms with Crippen molar-refractivity contribution in [2.24, 2.45) is 0 Å². The largest absolute Gasteiger partial charge is 0.453 e. The number of hydrogen-bond acceptors (Lipinski definition) is 5. The van der Waals surface area contributed by atoms with Gasteiger partial charge in [0.25, 0.3) is 0 Å². The third-order valence-corrected chi connectivity index (χ3v) is 3.31. The predicted octanol–water partition coefficient (Wildman–Crippen LogP) is 2.66. The van der Waals surface area contributed by atoms with Crippen molar-refractivity contribution >= 4 is 50.7 Å². The molecule has 0 saturated heterocycles. The van der Waals surface area contributed by atoms with Crippen molar-refractivity contribution in [2.45, 2.75) is 6.92 Å². The average molecular weight is 281 g/mol. The fourth-order valence-electron chi connectivity index (χ4n) is 1.43. The number of amides is 1. The van der Waals surface area contributed by atoms with Gasteiger partial charge in [0.2, 0.25) is 0 Å². The van der Waals surface area contributed by atoms with Crippen molar-refractivity contribution in [1.29, 1.82) is 0 Å². The molecule has 0 aliphatic heterocycles. The molecule has 0 atom stereocenters. The highest BCUT2D eigenvalue weighted by Gasteiger charge is 2.05. The third-order valence-electron chi connectivity index (χ3n) is 2.15. The van der Waals surface area contributed by atoms with Gasteiger partial charge in [0.05, 0.1) is 22.3 Å². The Morgan fingerprint density at radius 3 is 3.00 bits per heavy atom. The molecule has 2 N–H and O–H groups in total. The Morgan fingerprint density at radius 1 is 1.50 bits per heavy atom. The third kappa shape index (κ3) is 2.93. The summed E-state index contributed by atoms with van der Waals surface area (Å²) in [7, 11) is 1.28. The molecule has 2 aromatic rings. The maximum absolute atomic E-state index is 11.0. The topological polar surface area (TPSA) is 63.2 Å². The normalized spacial score (nSPS) is 10.1. The fourth-order valence-corrected chi connectivity index (χ4v) is 2.44.